The van der Waals surface area contributed by atoms with Gasteiger partial charge in [0.1, 0.15) is 17.7 Å². The summed E-state index contributed by atoms with van der Waals surface area (Å²) in [7, 11) is 0. The molecular weight excluding hydrogens is 347 g/mol. The van der Waals surface area contributed by atoms with Crippen LogP contribution >= 0.6 is 27.5 Å². The molecule has 0 aliphatic carbocycles. The molecule has 1 unspecified atom stereocenters. The summed E-state index contributed by atoms with van der Waals surface area (Å²) in [5.41, 5.74) is 1.08. The zero-order chi connectivity index (χ0) is 14.3. The second-order valence-electron chi connectivity index (χ2n) is 4.68. The topological polar surface area (TPSA) is 29.5 Å². The first-order chi connectivity index (χ1) is 9.56. The summed E-state index contributed by atoms with van der Waals surface area (Å²) in [5.74, 6) is 0.0623. The Balaban J connectivity index is 2.00. The molecule has 0 radical (unpaired) electrons. The van der Waals surface area contributed by atoms with Crippen molar-refractivity contribution in [3.05, 3.63) is 62.8 Å². The lowest BCUT2D eigenvalue weighted by Gasteiger charge is -2.30. The fourth-order valence-electron chi connectivity index (χ4n) is 2.38. The van der Waals surface area contributed by atoms with E-state index in [9.17, 15) is 9.50 Å². The summed E-state index contributed by atoms with van der Waals surface area (Å²) >= 11 is 9.15. The number of fused-ring (bicyclic) bond motifs is 1. The van der Waals surface area contributed by atoms with Crippen molar-refractivity contribution < 1.29 is 14.2 Å². The van der Waals surface area contributed by atoms with Crippen LogP contribution in [0.15, 0.2) is 40.9 Å². The van der Waals surface area contributed by atoms with E-state index in [4.69, 9.17) is 16.3 Å². The molecule has 2 atom stereocenters. The standard InChI is InChI=1S/C15H11BrClFO2/c16-8-4-5-9-12(19)7-14(20-13(9)6-8)10-2-1-3-11(17)15(10)18/h1-6,12,14,19H,7H2/t12-,14?/m1/s1. The van der Waals surface area contributed by atoms with Crippen LogP contribution in [-0.4, -0.2) is 5.11 Å². The molecule has 2 aromatic rings. The number of hydrogen-bond acceptors (Lipinski definition) is 2. The van der Waals surface area contributed by atoms with E-state index in [0.29, 0.717) is 23.3 Å². The van der Waals surface area contributed by atoms with E-state index in [0.717, 1.165) is 4.47 Å². The van der Waals surface area contributed by atoms with E-state index < -0.39 is 18.0 Å². The first-order valence-corrected chi connectivity index (χ1v) is 7.31. The molecule has 0 saturated heterocycles. The maximum atomic E-state index is 14.1. The average molecular weight is 358 g/mol. The fourth-order valence-corrected chi connectivity index (χ4v) is 2.90. The zero-order valence-electron chi connectivity index (χ0n) is 10.3. The fraction of sp³-hybridized carbons (Fsp3) is 0.200. The monoisotopic (exact) mass is 356 g/mol. The zero-order valence-corrected chi connectivity index (χ0v) is 12.7. The molecular formula is C15H11BrClFO2. The van der Waals surface area contributed by atoms with Crippen LogP contribution in [0.5, 0.6) is 5.75 Å². The van der Waals surface area contributed by atoms with Gasteiger partial charge in [0.2, 0.25) is 0 Å². The van der Waals surface area contributed by atoms with Crippen molar-refractivity contribution in [2.24, 2.45) is 0 Å². The molecule has 2 nitrogen and oxygen atoms in total. The van der Waals surface area contributed by atoms with Gasteiger partial charge in [0.15, 0.2) is 0 Å². The third-order valence-electron chi connectivity index (χ3n) is 3.37. The molecule has 0 spiro atoms. The largest absolute Gasteiger partial charge is 0.485 e. The van der Waals surface area contributed by atoms with E-state index in [1.165, 1.54) is 6.07 Å². The highest BCUT2D eigenvalue weighted by Gasteiger charge is 2.30. The molecule has 0 bridgehead atoms. The third kappa shape index (κ3) is 2.43. The van der Waals surface area contributed by atoms with Crippen LogP contribution in [0.25, 0.3) is 0 Å². The maximum absolute atomic E-state index is 14.1. The number of aliphatic hydroxyl groups is 1. The van der Waals surface area contributed by atoms with Gasteiger partial charge in [0.05, 0.1) is 11.1 Å². The number of rotatable bonds is 1. The summed E-state index contributed by atoms with van der Waals surface area (Å²) < 4.78 is 20.7. The summed E-state index contributed by atoms with van der Waals surface area (Å²) in [6, 6.07) is 10.2. The van der Waals surface area contributed by atoms with E-state index in [2.05, 4.69) is 15.9 Å². The van der Waals surface area contributed by atoms with Gasteiger partial charge in [-0.1, -0.05) is 45.7 Å². The second-order valence-corrected chi connectivity index (χ2v) is 6.01. The van der Waals surface area contributed by atoms with Gasteiger partial charge in [0, 0.05) is 22.0 Å². The number of hydrogen-bond donors (Lipinski definition) is 1. The minimum absolute atomic E-state index is 0.0561. The lowest BCUT2D eigenvalue weighted by atomic mass is 9.95. The van der Waals surface area contributed by atoms with Crippen molar-refractivity contribution in [3.8, 4) is 5.75 Å². The SMILES string of the molecule is O[C@@H]1CC(c2cccc(Cl)c2F)Oc2cc(Br)ccc21. The molecule has 1 aliphatic heterocycles. The molecule has 20 heavy (non-hydrogen) atoms. The van der Waals surface area contributed by atoms with E-state index >= 15 is 0 Å². The molecule has 0 aromatic heterocycles. The number of aliphatic hydroxyl groups excluding tert-OH is 1. The number of halogens is 3. The smallest absolute Gasteiger partial charge is 0.148 e. The molecule has 0 saturated carbocycles. The van der Waals surface area contributed by atoms with Gasteiger partial charge in [-0.2, -0.15) is 0 Å². The Labute approximate surface area is 129 Å². The highest BCUT2D eigenvalue weighted by Crippen LogP contribution is 2.42. The Morgan fingerprint density at radius 1 is 1.25 bits per heavy atom. The van der Waals surface area contributed by atoms with Crippen LogP contribution in [0.2, 0.25) is 5.02 Å². The van der Waals surface area contributed by atoms with Crippen molar-refractivity contribution in [3.63, 3.8) is 0 Å². The van der Waals surface area contributed by atoms with Gasteiger partial charge in [-0.15, -0.1) is 0 Å². The van der Waals surface area contributed by atoms with Crippen LogP contribution in [-0.2, 0) is 0 Å². The Hall–Kier alpha value is -1.10. The molecule has 5 heteroatoms. The van der Waals surface area contributed by atoms with Gasteiger partial charge < -0.3 is 9.84 Å². The lowest BCUT2D eigenvalue weighted by molar-refractivity contribution is 0.0640. The molecule has 1 N–H and O–H groups in total. The van der Waals surface area contributed by atoms with Crippen LogP contribution in [0, 0.1) is 5.82 Å². The van der Waals surface area contributed by atoms with Crippen LogP contribution in [0.1, 0.15) is 29.8 Å². The van der Waals surface area contributed by atoms with Crippen molar-refractivity contribution >= 4 is 27.5 Å². The molecule has 1 heterocycles. The minimum Gasteiger partial charge on any atom is -0.485 e. The van der Waals surface area contributed by atoms with Crippen molar-refractivity contribution in [2.45, 2.75) is 18.6 Å². The number of benzene rings is 2. The molecule has 104 valence electrons. The Morgan fingerprint density at radius 2 is 2.05 bits per heavy atom. The van der Waals surface area contributed by atoms with Crippen LogP contribution < -0.4 is 4.74 Å². The highest BCUT2D eigenvalue weighted by molar-refractivity contribution is 9.10. The first kappa shape index (κ1) is 13.9. The predicted octanol–water partition coefficient (Wildman–Crippen LogP) is 4.80. The minimum atomic E-state index is -0.685. The highest BCUT2D eigenvalue weighted by atomic mass is 79.9. The van der Waals surface area contributed by atoms with E-state index in [1.54, 1.807) is 24.3 Å². The third-order valence-corrected chi connectivity index (χ3v) is 4.15. The summed E-state index contributed by atoms with van der Waals surface area (Å²) in [4.78, 5) is 0. The number of ether oxygens (including phenoxy) is 1. The Bertz CT molecular complexity index is 662. The van der Waals surface area contributed by atoms with Crippen molar-refractivity contribution in [2.75, 3.05) is 0 Å². The molecule has 3 rings (SSSR count). The lowest BCUT2D eigenvalue weighted by Crippen LogP contribution is -2.20. The Morgan fingerprint density at radius 3 is 2.85 bits per heavy atom. The van der Waals surface area contributed by atoms with Crippen LogP contribution in [0.3, 0.4) is 0 Å². The molecule has 2 aromatic carbocycles. The van der Waals surface area contributed by atoms with E-state index in [1.807, 2.05) is 6.07 Å². The summed E-state index contributed by atoms with van der Waals surface area (Å²) in [5, 5.41) is 10.2. The van der Waals surface area contributed by atoms with Crippen molar-refractivity contribution in [1.82, 2.24) is 0 Å². The van der Waals surface area contributed by atoms with Crippen LogP contribution in [0.4, 0.5) is 4.39 Å². The van der Waals surface area contributed by atoms with Gasteiger partial charge in [0.25, 0.3) is 0 Å². The normalized spacial score (nSPS) is 21.2. The van der Waals surface area contributed by atoms with Gasteiger partial charge in [-0.25, -0.2) is 4.39 Å². The predicted molar refractivity (Wildman–Crippen MR) is 78.5 cm³/mol. The van der Waals surface area contributed by atoms with Gasteiger partial charge >= 0.3 is 0 Å². The molecule has 0 fully saturated rings. The van der Waals surface area contributed by atoms with E-state index in [-0.39, 0.29) is 5.02 Å². The van der Waals surface area contributed by atoms with Gasteiger partial charge in [-0.05, 0) is 18.2 Å². The second kappa shape index (κ2) is 5.35. The Kier molecular flexibility index (Phi) is 3.71. The summed E-state index contributed by atoms with van der Waals surface area (Å²) in [6.07, 6.45) is -0.938. The summed E-state index contributed by atoms with van der Waals surface area (Å²) in [6.45, 7) is 0. The average Bonchev–Trinajstić information content (AvgIpc) is 2.41. The molecule has 1 aliphatic rings. The molecule has 0 amide bonds. The maximum Gasteiger partial charge on any atom is 0.148 e. The van der Waals surface area contributed by atoms with Gasteiger partial charge in [-0.3, -0.25) is 0 Å². The van der Waals surface area contributed by atoms with Crippen molar-refractivity contribution in [1.29, 1.82) is 0 Å². The quantitative estimate of drug-likeness (QED) is 0.794. The first-order valence-electron chi connectivity index (χ1n) is 6.14.